The van der Waals surface area contributed by atoms with E-state index in [9.17, 15) is 29.7 Å². The summed E-state index contributed by atoms with van der Waals surface area (Å²) in [6, 6.07) is 5.58. The number of benzene rings is 1. The van der Waals surface area contributed by atoms with Crippen LogP contribution in [0.3, 0.4) is 0 Å². The molecule has 10 nitrogen and oxygen atoms in total. The largest absolute Gasteiger partial charge is 0.479 e. The third kappa shape index (κ3) is 4.61. The number of carboxylic acid groups (broad SMARTS) is 1. The molecule has 1 aromatic carbocycles. The topological polar surface area (TPSA) is 160 Å². The molecule has 0 amide bonds. The average Bonchev–Trinajstić information content (AvgIpc) is 2.66. The summed E-state index contributed by atoms with van der Waals surface area (Å²) in [6.45, 7) is 1.95. The Kier molecular flexibility index (Phi) is 6.86. The van der Waals surface area contributed by atoms with Crippen LogP contribution in [0.1, 0.15) is 34.1 Å². The fraction of sp³-hybridized carbons (Fsp3) is 0.471. The third-order valence-corrected chi connectivity index (χ3v) is 3.84. The lowest BCUT2D eigenvalue weighted by Crippen LogP contribution is -2.60. The Bertz CT molecular complexity index is 703. The predicted octanol–water partition coefficient (Wildman–Crippen LogP) is -0.698. The van der Waals surface area contributed by atoms with Gasteiger partial charge in [0, 0.05) is 0 Å². The Morgan fingerprint density at radius 2 is 1.59 bits per heavy atom. The molecule has 0 saturated carbocycles. The van der Waals surface area contributed by atoms with E-state index in [1.165, 1.54) is 24.3 Å². The minimum absolute atomic E-state index is 0.0865. The molecule has 4 N–H and O–H groups in total. The highest BCUT2D eigenvalue weighted by molar-refractivity contribution is 6.03. The van der Waals surface area contributed by atoms with Crippen molar-refractivity contribution in [1.82, 2.24) is 0 Å². The molecule has 1 heterocycles. The predicted molar refractivity (Wildman–Crippen MR) is 86.7 cm³/mol. The second-order valence-corrected chi connectivity index (χ2v) is 5.82. The van der Waals surface area contributed by atoms with E-state index in [1.807, 2.05) is 0 Å². The number of aliphatic hydroxyl groups excluding tert-OH is 3. The quantitative estimate of drug-likeness (QED) is 0.462. The van der Waals surface area contributed by atoms with Gasteiger partial charge in [-0.05, 0) is 18.6 Å². The van der Waals surface area contributed by atoms with E-state index in [2.05, 4.69) is 0 Å². The van der Waals surface area contributed by atoms with E-state index >= 15 is 0 Å². The maximum atomic E-state index is 12.4. The molecule has 27 heavy (non-hydrogen) atoms. The van der Waals surface area contributed by atoms with Crippen LogP contribution in [-0.2, 0) is 19.0 Å². The minimum atomic E-state index is -1.91. The van der Waals surface area contributed by atoms with Gasteiger partial charge < -0.3 is 34.6 Å². The fourth-order valence-electron chi connectivity index (χ4n) is 2.43. The van der Waals surface area contributed by atoms with Gasteiger partial charge in [0.25, 0.3) is 0 Å². The standard InChI is InChI=1S/C17H20O10/c1-2-7-25-15(23)8-5-3-4-6-9(8)16(24)27-17-12(20)10(18)11(19)13(26-17)14(21)22/h3-6,10-13,17-20H,2,7H2,1H3,(H,21,22)/t10-,11-,12+,13-,17-/m0/s1. The number of carboxylic acids is 1. The second kappa shape index (κ2) is 8.91. The van der Waals surface area contributed by atoms with Crippen LogP contribution >= 0.6 is 0 Å². The van der Waals surface area contributed by atoms with Gasteiger partial charge in [0.05, 0.1) is 17.7 Å². The minimum Gasteiger partial charge on any atom is -0.479 e. The van der Waals surface area contributed by atoms with Crippen molar-refractivity contribution >= 4 is 17.9 Å². The molecule has 1 fully saturated rings. The normalized spacial score (nSPS) is 27.6. The molecule has 1 aliphatic heterocycles. The maximum Gasteiger partial charge on any atom is 0.341 e. The monoisotopic (exact) mass is 384 g/mol. The first-order valence-corrected chi connectivity index (χ1v) is 8.17. The molecule has 1 aliphatic rings. The van der Waals surface area contributed by atoms with Gasteiger partial charge in [0.15, 0.2) is 6.10 Å². The zero-order chi connectivity index (χ0) is 20.1. The van der Waals surface area contributed by atoms with Crippen molar-refractivity contribution in [2.24, 2.45) is 0 Å². The first kappa shape index (κ1) is 20.8. The number of rotatable bonds is 6. The van der Waals surface area contributed by atoms with Crippen molar-refractivity contribution in [3.05, 3.63) is 35.4 Å². The molecule has 0 bridgehead atoms. The van der Waals surface area contributed by atoms with Crippen LogP contribution in [0, 0.1) is 0 Å². The van der Waals surface area contributed by atoms with Crippen molar-refractivity contribution in [3.63, 3.8) is 0 Å². The van der Waals surface area contributed by atoms with Gasteiger partial charge in [-0.1, -0.05) is 19.1 Å². The summed E-state index contributed by atoms with van der Waals surface area (Å²) in [7, 11) is 0. The first-order chi connectivity index (χ1) is 12.8. The van der Waals surface area contributed by atoms with Gasteiger partial charge in [0.2, 0.25) is 6.29 Å². The number of esters is 2. The number of carbonyl (C=O) groups excluding carboxylic acids is 2. The summed E-state index contributed by atoms with van der Waals surface area (Å²) >= 11 is 0. The van der Waals surface area contributed by atoms with Crippen LogP contribution in [0.5, 0.6) is 0 Å². The average molecular weight is 384 g/mol. The third-order valence-electron chi connectivity index (χ3n) is 3.84. The molecule has 148 valence electrons. The Morgan fingerprint density at radius 1 is 1.00 bits per heavy atom. The van der Waals surface area contributed by atoms with Crippen LogP contribution in [-0.4, -0.2) is 75.6 Å². The Balaban J connectivity index is 2.19. The van der Waals surface area contributed by atoms with Crippen LogP contribution in [0.4, 0.5) is 0 Å². The number of hydrogen-bond acceptors (Lipinski definition) is 9. The number of hydrogen-bond donors (Lipinski definition) is 4. The van der Waals surface area contributed by atoms with Gasteiger partial charge >= 0.3 is 17.9 Å². The Hall–Kier alpha value is -2.53. The number of carbonyl (C=O) groups is 3. The molecule has 0 aromatic heterocycles. The van der Waals surface area contributed by atoms with Crippen molar-refractivity contribution < 1.29 is 49.0 Å². The summed E-state index contributed by atoms with van der Waals surface area (Å²) < 4.78 is 14.8. The highest BCUT2D eigenvalue weighted by Crippen LogP contribution is 2.24. The van der Waals surface area contributed by atoms with E-state index in [1.54, 1.807) is 6.92 Å². The van der Waals surface area contributed by atoms with E-state index < -0.39 is 48.6 Å². The van der Waals surface area contributed by atoms with E-state index in [4.69, 9.17) is 19.3 Å². The molecule has 0 radical (unpaired) electrons. The lowest BCUT2D eigenvalue weighted by molar-refractivity contribution is -0.278. The first-order valence-electron chi connectivity index (χ1n) is 8.17. The van der Waals surface area contributed by atoms with Crippen molar-refractivity contribution in [3.8, 4) is 0 Å². The van der Waals surface area contributed by atoms with Crippen LogP contribution in [0.15, 0.2) is 24.3 Å². The Morgan fingerprint density at radius 3 is 2.15 bits per heavy atom. The molecular weight excluding hydrogens is 364 g/mol. The van der Waals surface area contributed by atoms with Crippen LogP contribution in [0.2, 0.25) is 0 Å². The molecule has 5 atom stereocenters. The molecule has 0 spiro atoms. The highest BCUT2D eigenvalue weighted by atomic mass is 16.7. The molecule has 2 rings (SSSR count). The van der Waals surface area contributed by atoms with Crippen molar-refractivity contribution in [2.45, 2.75) is 44.1 Å². The Labute approximate surface area is 153 Å². The molecule has 10 heteroatoms. The van der Waals surface area contributed by atoms with Crippen molar-refractivity contribution in [2.75, 3.05) is 6.61 Å². The van der Waals surface area contributed by atoms with Gasteiger partial charge in [-0.15, -0.1) is 0 Å². The van der Waals surface area contributed by atoms with Gasteiger partial charge in [-0.2, -0.15) is 0 Å². The van der Waals surface area contributed by atoms with Crippen molar-refractivity contribution in [1.29, 1.82) is 0 Å². The van der Waals surface area contributed by atoms with E-state index in [-0.39, 0.29) is 17.7 Å². The molecule has 1 aromatic rings. The van der Waals surface area contributed by atoms with Gasteiger partial charge in [-0.3, -0.25) is 0 Å². The highest BCUT2D eigenvalue weighted by Gasteiger charge is 2.48. The molecule has 0 aliphatic carbocycles. The van der Waals surface area contributed by atoms with Gasteiger partial charge in [-0.25, -0.2) is 14.4 Å². The number of ether oxygens (including phenoxy) is 3. The molecule has 1 saturated heterocycles. The molecular formula is C17H20O10. The summed E-state index contributed by atoms with van der Waals surface area (Å²) in [6.07, 6.45) is -8.91. The van der Waals surface area contributed by atoms with Crippen LogP contribution < -0.4 is 0 Å². The smallest absolute Gasteiger partial charge is 0.341 e. The second-order valence-electron chi connectivity index (χ2n) is 5.82. The zero-order valence-corrected chi connectivity index (χ0v) is 14.3. The number of aliphatic hydroxyl groups is 3. The summed E-state index contributed by atoms with van der Waals surface area (Å²) in [5.74, 6) is -3.47. The van der Waals surface area contributed by atoms with E-state index in [0.29, 0.717) is 6.42 Å². The summed E-state index contributed by atoms with van der Waals surface area (Å²) in [5, 5.41) is 38.3. The van der Waals surface area contributed by atoms with Crippen LogP contribution in [0.25, 0.3) is 0 Å². The number of aliphatic carboxylic acids is 1. The maximum absolute atomic E-state index is 12.4. The van der Waals surface area contributed by atoms with Gasteiger partial charge in [0.1, 0.15) is 18.3 Å². The lowest BCUT2D eigenvalue weighted by atomic mass is 9.99. The fourth-order valence-corrected chi connectivity index (χ4v) is 2.43. The summed E-state index contributed by atoms with van der Waals surface area (Å²) in [5.41, 5.74) is -0.279. The lowest BCUT2D eigenvalue weighted by Gasteiger charge is -2.37. The zero-order valence-electron chi connectivity index (χ0n) is 14.3. The SMILES string of the molecule is CCCOC(=O)c1ccccc1C(=O)O[C@@H]1O[C@H](C(=O)O)[C@@H](O)[C@H](O)[C@H]1O. The summed E-state index contributed by atoms with van der Waals surface area (Å²) in [4.78, 5) is 35.6. The molecule has 0 unspecified atom stereocenters. The van der Waals surface area contributed by atoms with E-state index in [0.717, 1.165) is 0 Å².